The summed E-state index contributed by atoms with van der Waals surface area (Å²) >= 11 is 0. The first-order valence-corrected chi connectivity index (χ1v) is 12.4. The van der Waals surface area contributed by atoms with Crippen LogP contribution in [0.5, 0.6) is 0 Å². The molecule has 0 aromatic carbocycles. The van der Waals surface area contributed by atoms with Crippen molar-refractivity contribution in [2.24, 2.45) is 11.8 Å². The molecule has 176 valence electrons. The second-order valence-corrected chi connectivity index (χ2v) is 10.8. The van der Waals surface area contributed by atoms with E-state index in [1.54, 1.807) is 0 Å². The van der Waals surface area contributed by atoms with Crippen LogP contribution in [0.1, 0.15) is 34.1 Å². The van der Waals surface area contributed by atoms with E-state index in [1.165, 1.54) is 0 Å². The van der Waals surface area contributed by atoms with Gasteiger partial charge in [-0.1, -0.05) is 27.7 Å². The Labute approximate surface area is 188 Å². The molecule has 0 spiro atoms. The number of hydrogen-bond acceptors (Lipinski definition) is 4. The van der Waals surface area contributed by atoms with Crippen molar-refractivity contribution in [3.05, 3.63) is 0 Å². The lowest BCUT2D eigenvalue weighted by molar-refractivity contribution is 0.101. The van der Waals surface area contributed by atoms with Gasteiger partial charge in [0.15, 0.2) is 0 Å². The second kappa shape index (κ2) is 9.53. The van der Waals surface area contributed by atoms with Gasteiger partial charge in [0, 0.05) is 65.4 Å². The van der Waals surface area contributed by atoms with Crippen LogP contribution in [-0.2, 0) is 0 Å². The molecule has 8 heteroatoms. The van der Waals surface area contributed by atoms with Crippen molar-refractivity contribution in [3.63, 3.8) is 0 Å². The lowest BCUT2D eigenvalue weighted by Crippen LogP contribution is -2.53. The average Bonchev–Trinajstić information content (AvgIpc) is 3.17. The fourth-order valence-electron chi connectivity index (χ4n) is 5.79. The molecule has 0 radical (unpaired) electrons. The minimum atomic E-state index is 0.244. The highest BCUT2D eigenvalue weighted by Crippen LogP contribution is 2.23. The first-order valence-electron chi connectivity index (χ1n) is 12.4. The minimum Gasteiger partial charge on any atom is -0.322 e. The highest BCUT2D eigenvalue weighted by atomic mass is 16.2. The maximum atomic E-state index is 12.6. The third kappa shape index (κ3) is 5.11. The Bertz CT molecular complexity index is 602. The van der Waals surface area contributed by atoms with Crippen molar-refractivity contribution in [1.29, 1.82) is 0 Å². The van der Waals surface area contributed by atoms with E-state index in [-0.39, 0.29) is 12.1 Å². The van der Waals surface area contributed by atoms with Gasteiger partial charge in [0.2, 0.25) is 0 Å². The molecule has 4 aliphatic rings. The molecule has 4 amide bonds. The molecule has 8 nitrogen and oxygen atoms in total. The average molecular weight is 435 g/mol. The molecule has 31 heavy (non-hydrogen) atoms. The molecule has 0 aromatic rings. The zero-order valence-corrected chi connectivity index (χ0v) is 20.0. The van der Waals surface area contributed by atoms with Gasteiger partial charge >= 0.3 is 12.1 Å². The fraction of sp³-hybridized carbons (Fsp3) is 0.913. The Morgan fingerprint density at radius 2 is 1.10 bits per heavy atom. The largest absolute Gasteiger partial charge is 0.322 e. The SMILES string of the molecule is CC(C)CN1CC2CN(CCCN3CCN4C(=O)N(CC(C)C)CC4C3)CCN2C1=O. The number of piperazine rings is 2. The summed E-state index contributed by atoms with van der Waals surface area (Å²) in [6.07, 6.45) is 1.16. The van der Waals surface area contributed by atoms with Gasteiger partial charge in [0.1, 0.15) is 0 Å². The highest BCUT2D eigenvalue weighted by molar-refractivity contribution is 5.78. The summed E-state index contributed by atoms with van der Waals surface area (Å²) in [5.74, 6) is 1.05. The Hall–Kier alpha value is -1.54. The molecule has 0 saturated carbocycles. The highest BCUT2D eigenvalue weighted by Gasteiger charge is 2.41. The molecule has 0 aliphatic carbocycles. The van der Waals surface area contributed by atoms with Crippen molar-refractivity contribution in [2.45, 2.75) is 46.2 Å². The van der Waals surface area contributed by atoms with Gasteiger partial charge in [-0.3, -0.25) is 9.80 Å². The molecule has 4 aliphatic heterocycles. The van der Waals surface area contributed by atoms with Crippen LogP contribution in [-0.4, -0.2) is 132 Å². The summed E-state index contributed by atoms with van der Waals surface area (Å²) in [5.41, 5.74) is 0. The lowest BCUT2D eigenvalue weighted by Gasteiger charge is -2.38. The van der Waals surface area contributed by atoms with Gasteiger partial charge in [0.25, 0.3) is 0 Å². The fourth-order valence-corrected chi connectivity index (χ4v) is 5.79. The first-order chi connectivity index (χ1) is 14.8. The molecular formula is C23H42N6O2. The third-order valence-corrected chi connectivity index (χ3v) is 7.15. The molecule has 0 N–H and O–H groups in total. The van der Waals surface area contributed by atoms with Crippen molar-refractivity contribution in [1.82, 2.24) is 29.4 Å². The smallest absolute Gasteiger partial charge is 0.320 e. The summed E-state index contributed by atoms with van der Waals surface area (Å²) in [6, 6.07) is 1.21. The molecule has 4 fully saturated rings. The van der Waals surface area contributed by atoms with Crippen molar-refractivity contribution >= 4 is 12.1 Å². The monoisotopic (exact) mass is 434 g/mol. The number of rotatable bonds is 8. The minimum absolute atomic E-state index is 0.244. The molecular weight excluding hydrogens is 392 g/mol. The maximum absolute atomic E-state index is 12.6. The summed E-state index contributed by atoms with van der Waals surface area (Å²) in [4.78, 5) is 38.6. The molecule has 4 heterocycles. The lowest BCUT2D eigenvalue weighted by atomic mass is 10.1. The van der Waals surface area contributed by atoms with Gasteiger partial charge < -0.3 is 19.6 Å². The third-order valence-electron chi connectivity index (χ3n) is 7.15. The van der Waals surface area contributed by atoms with Gasteiger partial charge in [-0.2, -0.15) is 0 Å². The van der Waals surface area contributed by atoms with Gasteiger partial charge in [-0.25, -0.2) is 9.59 Å². The van der Waals surface area contributed by atoms with E-state index in [9.17, 15) is 9.59 Å². The van der Waals surface area contributed by atoms with E-state index in [1.807, 2.05) is 9.80 Å². The first kappa shape index (κ1) is 22.6. The van der Waals surface area contributed by atoms with E-state index in [0.717, 1.165) is 85.0 Å². The van der Waals surface area contributed by atoms with Crippen LogP contribution in [0.3, 0.4) is 0 Å². The Morgan fingerprint density at radius 1 is 0.677 bits per heavy atom. The zero-order valence-electron chi connectivity index (χ0n) is 20.0. The van der Waals surface area contributed by atoms with E-state index in [4.69, 9.17) is 0 Å². The Morgan fingerprint density at radius 3 is 1.48 bits per heavy atom. The zero-order chi connectivity index (χ0) is 22.1. The number of urea groups is 2. The van der Waals surface area contributed by atoms with Crippen LogP contribution < -0.4 is 0 Å². The predicted molar refractivity (Wildman–Crippen MR) is 122 cm³/mol. The number of amides is 4. The molecule has 4 saturated heterocycles. The van der Waals surface area contributed by atoms with E-state index in [2.05, 4.69) is 47.3 Å². The van der Waals surface area contributed by atoms with Crippen LogP contribution in [0.25, 0.3) is 0 Å². The number of hydrogen-bond donors (Lipinski definition) is 0. The summed E-state index contributed by atoms with van der Waals surface area (Å²) in [7, 11) is 0. The molecule has 4 rings (SSSR count). The van der Waals surface area contributed by atoms with Gasteiger partial charge in [0.05, 0.1) is 12.1 Å². The number of carbonyl (C=O) groups is 2. The molecule has 2 unspecified atom stereocenters. The standard InChI is InChI=1S/C23H42N6O2/c1-18(2)12-26-16-20-14-24(8-10-28(20)22(26)30)6-5-7-25-9-11-29-21(15-25)17-27(23(29)31)13-19(3)4/h18-21H,5-17H2,1-4H3. The van der Waals surface area contributed by atoms with Crippen LogP contribution in [0.2, 0.25) is 0 Å². The number of nitrogens with zero attached hydrogens (tertiary/aromatic N) is 6. The van der Waals surface area contributed by atoms with Crippen LogP contribution in [0, 0.1) is 11.8 Å². The normalized spacial score (nSPS) is 27.8. The van der Waals surface area contributed by atoms with Crippen LogP contribution in [0.15, 0.2) is 0 Å². The topological polar surface area (TPSA) is 53.6 Å². The van der Waals surface area contributed by atoms with Crippen molar-refractivity contribution in [3.8, 4) is 0 Å². The number of fused-ring (bicyclic) bond motifs is 2. The van der Waals surface area contributed by atoms with E-state index < -0.39 is 0 Å². The molecule has 2 atom stereocenters. The molecule has 0 bridgehead atoms. The summed E-state index contributed by atoms with van der Waals surface area (Å²) in [5, 5.41) is 0. The Kier molecular flexibility index (Phi) is 6.96. The summed E-state index contributed by atoms with van der Waals surface area (Å²) in [6.45, 7) is 20.2. The molecule has 0 aromatic heterocycles. The quantitative estimate of drug-likeness (QED) is 0.582. The summed E-state index contributed by atoms with van der Waals surface area (Å²) < 4.78 is 0. The van der Waals surface area contributed by atoms with E-state index in [0.29, 0.717) is 23.9 Å². The van der Waals surface area contributed by atoms with Crippen LogP contribution in [0.4, 0.5) is 9.59 Å². The van der Waals surface area contributed by atoms with Crippen molar-refractivity contribution in [2.75, 3.05) is 78.5 Å². The van der Waals surface area contributed by atoms with E-state index >= 15 is 0 Å². The Balaban J connectivity index is 1.18. The van der Waals surface area contributed by atoms with Crippen LogP contribution >= 0.6 is 0 Å². The van der Waals surface area contributed by atoms with Gasteiger partial charge in [-0.15, -0.1) is 0 Å². The second-order valence-electron chi connectivity index (χ2n) is 10.8. The predicted octanol–water partition coefficient (Wildman–Crippen LogP) is 1.53. The number of carbonyl (C=O) groups excluding carboxylic acids is 2. The van der Waals surface area contributed by atoms with Crippen molar-refractivity contribution < 1.29 is 9.59 Å². The van der Waals surface area contributed by atoms with Gasteiger partial charge in [-0.05, 0) is 31.3 Å². The maximum Gasteiger partial charge on any atom is 0.320 e.